The normalized spacial score (nSPS) is 22.5. The molecule has 2 aliphatic rings. The maximum absolute atomic E-state index is 13.4. The van der Waals surface area contributed by atoms with E-state index >= 15 is 0 Å². The summed E-state index contributed by atoms with van der Waals surface area (Å²) in [7, 11) is 1.59. The lowest BCUT2D eigenvalue weighted by atomic mass is 9.80. The van der Waals surface area contributed by atoms with Crippen molar-refractivity contribution in [3.8, 4) is 5.75 Å². The van der Waals surface area contributed by atoms with Gasteiger partial charge in [-0.2, -0.15) is 13.2 Å². The standard InChI is InChI=1S/C22H22F6N4O2/c1-10-19-20(31(3)11(2)21(33)32(19)9-22(26,27)28)30-17(29-10)6-12-4-13(5-12)34-14-7-15(23)18(25)16(24)8-14/h7-8,11-13H,4-6,9H2,1-3H3/t11-,12?,13?/m0/s1. The van der Waals surface area contributed by atoms with Crippen LogP contribution in [-0.2, 0) is 11.2 Å². The Morgan fingerprint density at radius 2 is 1.74 bits per heavy atom. The van der Waals surface area contributed by atoms with Gasteiger partial charge in [-0.25, -0.2) is 23.1 Å². The molecule has 0 spiro atoms. The summed E-state index contributed by atoms with van der Waals surface area (Å²) in [5.41, 5.74) is 0.308. The zero-order valence-electron chi connectivity index (χ0n) is 18.6. The number of carbonyl (C=O) groups is 1. The minimum atomic E-state index is -4.58. The predicted octanol–water partition coefficient (Wildman–Crippen LogP) is 4.34. The van der Waals surface area contributed by atoms with Gasteiger partial charge in [0.1, 0.15) is 29.8 Å². The van der Waals surface area contributed by atoms with E-state index in [9.17, 15) is 31.1 Å². The third-order valence-corrected chi connectivity index (χ3v) is 6.16. The van der Waals surface area contributed by atoms with Crippen LogP contribution in [0.4, 0.5) is 37.8 Å². The maximum Gasteiger partial charge on any atom is 0.406 e. The highest BCUT2D eigenvalue weighted by molar-refractivity contribution is 6.05. The second-order valence-corrected chi connectivity index (χ2v) is 8.71. The molecule has 1 saturated carbocycles. The maximum atomic E-state index is 13.4. The zero-order valence-corrected chi connectivity index (χ0v) is 18.6. The number of anilines is 2. The van der Waals surface area contributed by atoms with E-state index in [1.807, 2.05) is 0 Å². The number of halogens is 6. The van der Waals surface area contributed by atoms with Crippen LogP contribution in [0, 0.1) is 30.3 Å². The molecule has 2 aromatic rings. The van der Waals surface area contributed by atoms with Gasteiger partial charge in [-0.05, 0) is 32.6 Å². The molecule has 184 valence electrons. The third-order valence-electron chi connectivity index (χ3n) is 6.16. The van der Waals surface area contributed by atoms with Crippen LogP contribution in [-0.4, -0.2) is 47.8 Å². The highest BCUT2D eigenvalue weighted by Crippen LogP contribution is 2.39. The number of hydrogen-bond donors (Lipinski definition) is 0. The Bertz CT molecular complexity index is 1100. The number of carbonyl (C=O) groups excluding carboxylic acids is 1. The lowest BCUT2D eigenvalue weighted by Crippen LogP contribution is -2.54. The first-order chi connectivity index (χ1) is 15.8. The fraction of sp³-hybridized carbons (Fsp3) is 0.500. The Kier molecular flexibility index (Phi) is 6.11. The van der Waals surface area contributed by atoms with Gasteiger partial charge in [0, 0.05) is 25.6 Å². The van der Waals surface area contributed by atoms with Gasteiger partial charge < -0.3 is 9.64 Å². The first kappa shape index (κ1) is 24.1. The van der Waals surface area contributed by atoms with Crippen LogP contribution in [0.25, 0.3) is 0 Å². The van der Waals surface area contributed by atoms with Crippen molar-refractivity contribution >= 4 is 17.4 Å². The van der Waals surface area contributed by atoms with E-state index in [2.05, 4.69) is 9.97 Å². The number of nitrogens with zero attached hydrogens (tertiary/aromatic N) is 4. The van der Waals surface area contributed by atoms with Crippen molar-refractivity contribution in [2.75, 3.05) is 23.4 Å². The molecule has 4 rings (SSSR count). The molecule has 1 atom stereocenters. The van der Waals surface area contributed by atoms with Gasteiger partial charge in [0.15, 0.2) is 23.3 Å². The van der Waals surface area contributed by atoms with E-state index in [0.717, 1.165) is 12.1 Å². The summed E-state index contributed by atoms with van der Waals surface area (Å²) in [6.07, 6.45) is -3.42. The fourth-order valence-corrected chi connectivity index (χ4v) is 4.27. The molecule has 0 bridgehead atoms. The Morgan fingerprint density at radius 3 is 2.32 bits per heavy atom. The molecule has 0 N–H and O–H groups in total. The van der Waals surface area contributed by atoms with E-state index < -0.39 is 42.1 Å². The molecule has 1 aliphatic heterocycles. The summed E-state index contributed by atoms with van der Waals surface area (Å²) in [5.74, 6) is -4.27. The van der Waals surface area contributed by atoms with Gasteiger partial charge in [-0.1, -0.05) is 0 Å². The lowest BCUT2D eigenvalue weighted by Gasteiger charge is -2.40. The second kappa shape index (κ2) is 8.62. The molecule has 1 fully saturated rings. The van der Waals surface area contributed by atoms with E-state index in [1.165, 1.54) is 18.7 Å². The molecule has 12 heteroatoms. The minimum absolute atomic E-state index is 0.0434. The van der Waals surface area contributed by atoms with Crippen molar-refractivity contribution in [2.45, 2.75) is 51.4 Å². The van der Waals surface area contributed by atoms with Crippen molar-refractivity contribution in [1.82, 2.24) is 9.97 Å². The van der Waals surface area contributed by atoms with Gasteiger partial charge in [0.25, 0.3) is 0 Å². The molecule has 34 heavy (non-hydrogen) atoms. The number of ether oxygens (including phenoxy) is 1. The molecule has 0 unspecified atom stereocenters. The van der Waals surface area contributed by atoms with Crippen LogP contribution < -0.4 is 14.5 Å². The summed E-state index contributed by atoms with van der Waals surface area (Å²) in [6, 6.07) is 0.745. The average molecular weight is 488 g/mol. The topological polar surface area (TPSA) is 58.6 Å². The molecule has 1 amide bonds. The summed E-state index contributed by atoms with van der Waals surface area (Å²) in [4.78, 5) is 23.6. The highest BCUT2D eigenvalue weighted by atomic mass is 19.4. The molecule has 1 aromatic carbocycles. The minimum Gasteiger partial charge on any atom is -0.490 e. The smallest absolute Gasteiger partial charge is 0.406 e. The van der Waals surface area contributed by atoms with Gasteiger partial charge in [0.2, 0.25) is 5.91 Å². The number of hydrogen-bond acceptors (Lipinski definition) is 5. The predicted molar refractivity (Wildman–Crippen MR) is 110 cm³/mol. The van der Waals surface area contributed by atoms with E-state index in [0.29, 0.717) is 30.0 Å². The largest absolute Gasteiger partial charge is 0.490 e. The number of benzene rings is 1. The van der Waals surface area contributed by atoms with Crippen molar-refractivity contribution in [3.05, 3.63) is 41.1 Å². The number of fused-ring (bicyclic) bond motifs is 1. The van der Waals surface area contributed by atoms with Crippen LogP contribution in [0.2, 0.25) is 0 Å². The first-order valence-electron chi connectivity index (χ1n) is 10.6. The quantitative estimate of drug-likeness (QED) is 0.463. The Hall–Kier alpha value is -3.05. The highest BCUT2D eigenvalue weighted by Gasteiger charge is 2.42. The van der Waals surface area contributed by atoms with Gasteiger partial charge in [-0.15, -0.1) is 0 Å². The SMILES string of the molecule is Cc1nc(CC2CC(Oc3cc(F)c(F)c(F)c3)C2)nc2c1N(CC(F)(F)F)C(=O)[C@H](C)N2C. The van der Waals surface area contributed by atoms with Crippen LogP contribution >= 0.6 is 0 Å². The number of alkyl halides is 3. The van der Waals surface area contributed by atoms with E-state index in [-0.39, 0.29) is 35.0 Å². The number of amides is 1. The summed E-state index contributed by atoms with van der Waals surface area (Å²) in [6.45, 7) is 1.63. The number of rotatable bonds is 5. The fourth-order valence-electron chi connectivity index (χ4n) is 4.27. The van der Waals surface area contributed by atoms with E-state index in [1.54, 1.807) is 7.05 Å². The molecule has 1 aliphatic carbocycles. The van der Waals surface area contributed by atoms with Crippen LogP contribution in [0.1, 0.15) is 31.3 Å². The first-order valence-corrected chi connectivity index (χ1v) is 10.6. The molecule has 0 saturated heterocycles. The van der Waals surface area contributed by atoms with Crippen LogP contribution in [0.5, 0.6) is 5.75 Å². The Morgan fingerprint density at radius 1 is 1.12 bits per heavy atom. The molecular weight excluding hydrogens is 466 g/mol. The molecule has 1 aromatic heterocycles. The molecule has 6 nitrogen and oxygen atoms in total. The average Bonchev–Trinajstić information content (AvgIpc) is 2.71. The van der Waals surface area contributed by atoms with Crippen LogP contribution in [0.3, 0.4) is 0 Å². The lowest BCUT2D eigenvalue weighted by molar-refractivity contribution is -0.133. The summed E-state index contributed by atoms with van der Waals surface area (Å²) < 4.78 is 84.6. The molecule has 2 heterocycles. The summed E-state index contributed by atoms with van der Waals surface area (Å²) in [5, 5.41) is 0. The van der Waals surface area contributed by atoms with E-state index in [4.69, 9.17) is 4.74 Å². The number of aryl methyl sites for hydroxylation is 1. The Labute approximate surface area is 191 Å². The zero-order chi connectivity index (χ0) is 24.9. The summed E-state index contributed by atoms with van der Waals surface area (Å²) >= 11 is 0. The third kappa shape index (κ3) is 4.62. The van der Waals surface area contributed by atoms with Crippen molar-refractivity contribution in [2.24, 2.45) is 5.92 Å². The van der Waals surface area contributed by atoms with Gasteiger partial charge in [-0.3, -0.25) is 9.69 Å². The Balaban J connectivity index is 1.47. The second-order valence-electron chi connectivity index (χ2n) is 8.71. The van der Waals surface area contributed by atoms with Crippen LogP contribution in [0.15, 0.2) is 12.1 Å². The van der Waals surface area contributed by atoms with Gasteiger partial charge >= 0.3 is 6.18 Å². The van der Waals surface area contributed by atoms with Gasteiger partial charge in [0.05, 0.1) is 11.8 Å². The monoisotopic (exact) mass is 488 g/mol. The molecular formula is C22H22F6N4O2. The molecule has 0 radical (unpaired) electrons. The number of likely N-dealkylation sites (N-methyl/N-ethyl adjacent to an activating group) is 1. The van der Waals surface area contributed by atoms with Crippen molar-refractivity contribution < 1.29 is 35.9 Å². The number of aromatic nitrogens is 2. The van der Waals surface area contributed by atoms with Crippen molar-refractivity contribution in [1.29, 1.82) is 0 Å². The van der Waals surface area contributed by atoms with Crippen molar-refractivity contribution in [3.63, 3.8) is 0 Å².